The molecule has 3 aromatic rings. The molecule has 0 saturated heterocycles. The van der Waals surface area contributed by atoms with Crippen LogP contribution in [0, 0.1) is 6.92 Å². The van der Waals surface area contributed by atoms with Crippen molar-refractivity contribution < 1.29 is 18.7 Å². The smallest absolute Gasteiger partial charge is 0.256 e. The van der Waals surface area contributed by atoms with Crippen LogP contribution in [0.1, 0.15) is 33.4 Å². The highest BCUT2D eigenvalue weighted by atomic mass is 35.5. The molecule has 0 aliphatic rings. The van der Waals surface area contributed by atoms with E-state index >= 15 is 0 Å². The lowest BCUT2D eigenvalue weighted by atomic mass is 10.1. The van der Waals surface area contributed by atoms with E-state index < -0.39 is 0 Å². The van der Waals surface area contributed by atoms with E-state index in [-0.39, 0.29) is 17.5 Å². The lowest BCUT2D eigenvalue weighted by molar-refractivity contribution is 0.0987. The average molecular weight is 359 g/mol. The van der Waals surface area contributed by atoms with Crippen molar-refractivity contribution >= 4 is 39.9 Å². The van der Waals surface area contributed by atoms with Crippen LogP contribution in [0.25, 0.3) is 11.0 Å². The van der Waals surface area contributed by atoms with Crippen molar-refractivity contribution in [1.29, 1.82) is 0 Å². The van der Waals surface area contributed by atoms with E-state index in [1.165, 1.54) is 26.3 Å². The van der Waals surface area contributed by atoms with E-state index in [1.807, 2.05) is 0 Å². The fourth-order valence-corrected chi connectivity index (χ4v) is 2.75. The summed E-state index contributed by atoms with van der Waals surface area (Å²) in [5.41, 5.74) is 1.92. The van der Waals surface area contributed by atoms with Crippen molar-refractivity contribution in [3.8, 4) is 5.75 Å². The predicted molar refractivity (Wildman–Crippen MR) is 94.7 cm³/mol. The third kappa shape index (κ3) is 3.08. The van der Waals surface area contributed by atoms with Gasteiger partial charge < -0.3 is 14.5 Å². The number of benzene rings is 1. The molecule has 0 aliphatic heterocycles. The summed E-state index contributed by atoms with van der Waals surface area (Å²) >= 11 is 6.11. The summed E-state index contributed by atoms with van der Waals surface area (Å²) in [5, 5.41) is 3.62. The van der Waals surface area contributed by atoms with Crippen molar-refractivity contribution in [2.24, 2.45) is 0 Å². The van der Waals surface area contributed by atoms with Gasteiger partial charge >= 0.3 is 0 Å². The number of aryl methyl sites for hydroxylation is 1. The maximum Gasteiger partial charge on any atom is 0.256 e. The molecule has 0 unspecified atom stereocenters. The maximum absolute atomic E-state index is 12.8. The Kier molecular flexibility index (Phi) is 4.46. The standard InChI is InChI=1S/C18H15ClN2O4/c1-9-7-20-8-13(19)16(9)21-18(23)11-4-5-14(24-3)17-12(11)6-15(25-17)10(2)22/h4-8H,1-3H3,(H,20,21,23). The molecule has 1 amide bonds. The fourth-order valence-electron chi connectivity index (χ4n) is 2.50. The molecule has 128 valence electrons. The summed E-state index contributed by atoms with van der Waals surface area (Å²) in [6.07, 6.45) is 3.07. The number of Topliss-reactive ketones (excluding diaryl/α,β-unsaturated/α-hetero) is 1. The van der Waals surface area contributed by atoms with Crippen LogP contribution in [0.2, 0.25) is 5.02 Å². The number of aromatic nitrogens is 1. The van der Waals surface area contributed by atoms with E-state index in [0.717, 1.165) is 5.56 Å². The summed E-state index contributed by atoms with van der Waals surface area (Å²) in [6, 6.07) is 4.77. The summed E-state index contributed by atoms with van der Waals surface area (Å²) in [4.78, 5) is 28.3. The molecule has 2 heterocycles. The van der Waals surface area contributed by atoms with Crippen LogP contribution in [0.5, 0.6) is 5.75 Å². The minimum absolute atomic E-state index is 0.159. The van der Waals surface area contributed by atoms with Crippen LogP contribution in [0.15, 0.2) is 35.0 Å². The lowest BCUT2D eigenvalue weighted by Gasteiger charge is -2.11. The second-order valence-corrected chi connectivity index (χ2v) is 5.90. The Morgan fingerprint density at radius 1 is 1.28 bits per heavy atom. The van der Waals surface area contributed by atoms with Gasteiger partial charge in [0.15, 0.2) is 22.9 Å². The van der Waals surface area contributed by atoms with Crippen LogP contribution in [-0.4, -0.2) is 23.8 Å². The Bertz CT molecular complexity index is 974. The summed E-state index contributed by atoms with van der Waals surface area (Å²) in [6.45, 7) is 3.19. The SMILES string of the molecule is COc1ccc(C(=O)Nc2c(C)cncc2Cl)c2cc(C(C)=O)oc12. The van der Waals surface area contributed by atoms with Crippen molar-refractivity contribution in [2.45, 2.75) is 13.8 Å². The molecule has 7 heteroatoms. The molecule has 25 heavy (non-hydrogen) atoms. The van der Waals surface area contributed by atoms with E-state index in [1.54, 1.807) is 25.3 Å². The number of pyridine rings is 1. The second-order valence-electron chi connectivity index (χ2n) is 5.49. The molecule has 0 bridgehead atoms. The molecule has 0 saturated carbocycles. The third-order valence-electron chi connectivity index (χ3n) is 3.79. The monoisotopic (exact) mass is 358 g/mol. The molecule has 1 aromatic carbocycles. The van der Waals surface area contributed by atoms with Gasteiger partial charge in [-0.05, 0) is 30.7 Å². The molecular formula is C18H15ClN2O4. The van der Waals surface area contributed by atoms with Crippen LogP contribution >= 0.6 is 11.6 Å². The summed E-state index contributed by atoms with van der Waals surface area (Å²) in [7, 11) is 1.49. The van der Waals surface area contributed by atoms with E-state index in [9.17, 15) is 9.59 Å². The predicted octanol–water partition coefficient (Wildman–Crippen LogP) is 4.25. The number of carbonyl (C=O) groups excluding carboxylic acids is 2. The van der Waals surface area contributed by atoms with Gasteiger partial charge in [-0.1, -0.05) is 11.6 Å². The number of nitrogens with zero attached hydrogens (tertiary/aromatic N) is 1. The fraction of sp³-hybridized carbons (Fsp3) is 0.167. The van der Waals surface area contributed by atoms with Gasteiger partial charge in [-0.3, -0.25) is 14.6 Å². The minimum atomic E-state index is -0.375. The van der Waals surface area contributed by atoms with Crippen molar-refractivity contribution in [1.82, 2.24) is 4.98 Å². The largest absolute Gasteiger partial charge is 0.493 e. The summed E-state index contributed by atoms with van der Waals surface area (Å²) in [5.74, 6) is -0.0127. The topological polar surface area (TPSA) is 81.4 Å². The molecular weight excluding hydrogens is 344 g/mol. The number of fused-ring (bicyclic) bond motifs is 1. The first-order valence-electron chi connectivity index (χ1n) is 7.45. The molecule has 2 aromatic heterocycles. The normalized spacial score (nSPS) is 10.7. The Labute approximate surface area is 148 Å². The van der Waals surface area contributed by atoms with Crippen LogP contribution in [0.3, 0.4) is 0 Å². The first kappa shape index (κ1) is 17.0. The molecule has 0 atom stereocenters. The van der Waals surface area contributed by atoms with Gasteiger partial charge in [-0.15, -0.1) is 0 Å². The van der Waals surface area contributed by atoms with Crippen LogP contribution in [0.4, 0.5) is 5.69 Å². The molecule has 0 spiro atoms. The number of hydrogen-bond donors (Lipinski definition) is 1. The Morgan fingerprint density at radius 3 is 2.68 bits per heavy atom. The summed E-state index contributed by atoms with van der Waals surface area (Å²) < 4.78 is 10.8. The highest BCUT2D eigenvalue weighted by Crippen LogP contribution is 2.33. The van der Waals surface area contributed by atoms with Gasteiger partial charge in [0.05, 0.1) is 23.4 Å². The van der Waals surface area contributed by atoms with E-state index in [2.05, 4.69) is 10.3 Å². The van der Waals surface area contributed by atoms with E-state index in [4.69, 9.17) is 20.8 Å². The molecule has 0 aliphatic carbocycles. The number of ether oxygens (including phenoxy) is 1. The number of furan rings is 1. The number of carbonyl (C=O) groups is 2. The Balaban J connectivity index is 2.09. The molecule has 1 N–H and O–H groups in total. The number of amides is 1. The van der Waals surface area contributed by atoms with Gasteiger partial charge in [0.2, 0.25) is 0 Å². The molecule has 3 rings (SSSR count). The van der Waals surface area contributed by atoms with Gasteiger partial charge in [-0.25, -0.2) is 0 Å². The molecule has 0 radical (unpaired) electrons. The van der Waals surface area contributed by atoms with Crippen LogP contribution in [-0.2, 0) is 0 Å². The number of ketones is 1. The number of methoxy groups -OCH3 is 1. The number of anilines is 1. The molecule has 6 nitrogen and oxygen atoms in total. The average Bonchev–Trinajstić information content (AvgIpc) is 3.02. The first-order valence-corrected chi connectivity index (χ1v) is 7.83. The second kappa shape index (κ2) is 6.57. The van der Waals surface area contributed by atoms with Gasteiger partial charge in [0.1, 0.15) is 0 Å². The van der Waals surface area contributed by atoms with Crippen LogP contribution < -0.4 is 10.1 Å². The number of halogens is 1. The Hall–Kier alpha value is -2.86. The highest BCUT2D eigenvalue weighted by Gasteiger charge is 2.20. The third-order valence-corrected chi connectivity index (χ3v) is 4.07. The number of nitrogens with one attached hydrogen (secondary N) is 1. The number of hydrogen-bond acceptors (Lipinski definition) is 5. The zero-order chi connectivity index (χ0) is 18.1. The lowest BCUT2D eigenvalue weighted by Crippen LogP contribution is -2.13. The maximum atomic E-state index is 12.8. The van der Waals surface area contributed by atoms with Gasteiger partial charge in [0, 0.05) is 24.7 Å². The van der Waals surface area contributed by atoms with Crippen molar-refractivity contribution in [3.05, 3.63) is 52.5 Å². The quantitative estimate of drug-likeness (QED) is 0.705. The van der Waals surface area contributed by atoms with Crippen molar-refractivity contribution in [2.75, 3.05) is 12.4 Å². The van der Waals surface area contributed by atoms with Crippen molar-refractivity contribution in [3.63, 3.8) is 0 Å². The molecule has 0 fully saturated rings. The van der Waals surface area contributed by atoms with E-state index in [0.29, 0.717) is 33.0 Å². The zero-order valence-corrected chi connectivity index (χ0v) is 14.6. The van der Waals surface area contributed by atoms with Gasteiger partial charge in [0.25, 0.3) is 5.91 Å². The minimum Gasteiger partial charge on any atom is -0.493 e. The zero-order valence-electron chi connectivity index (χ0n) is 13.8. The first-order chi connectivity index (χ1) is 11.9. The Morgan fingerprint density at radius 2 is 2.04 bits per heavy atom. The highest BCUT2D eigenvalue weighted by molar-refractivity contribution is 6.34. The number of rotatable bonds is 4. The van der Waals surface area contributed by atoms with Gasteiger partial charge in [-0.2, -0.15) is 0 Å².